The Bertz CT molecular complexity index is 526. The molecule has 0 fully saturated rings. The highest BCUT2D eigenvalue weighted by Gasteiger charge is 2.06. The fourth-order valence-electron chi connectivity index (χ4n) is 2.27. The summed E-state index contributed by atoms with van der Waals surface area (Å²) >= 11 is 0. The first-order valence-corrected chi connectivity index (χ1v) is 5.79. The van der Waals surface area contributed by atoms with E-state index in [1.54, 1.807) is 0 Å². The molecule has 2 rings (SSSR count). The third kappa shape index (κ3) is 1.73. The quantitative estimate of drug-likeness (QED) is 0.708. The van der Waals surface area contributed by atoms with Crippen LogP contribution in [0, 0.1) is 0 Å². The maximum atomic E-state index is 10.9. The molecule has 0 N–H and O–H groups in total. The van der Waals surface area contributed by atoms with Gasteiger partial charge in [0.2, 0.25) is 0 Å². The molecule has 0 amide bonds. The molecule has 0 radical (unpaired) electrons. The summed E-state index contributed by atoms with van der Waals surface area (Å²) in [4.78, 5) is 10.9. The van der Waals surface area contributed by atoms with E-state index in [1.165, 1.54) is 21.9 Å². The molecule has 1 heteroatoms. The summed E-state index contributed by atoms with van der Waals surface area (Å²) in [5.74, 6) is 0. The van der Waals surface area contributed by atoms with Gasteiger partial charge in [0, 0.05) is 5.56 Å². The summed E-state index contributed by atoms with van der Waals surface area (Å²) in [6, 6.07) is 10.3. The molecule has 2 aromatic rings. The van der Waals surface area contributed by atoms with E-state index in [4.69, 9.17) is 0 Å². The van der Waals surface area contributed by atoms with Crippen LogP contribution in [-0.4, -0.2) is 6.29 Å². The van der Waals surface area contributed by atoms with Crippen molar-refractivity contribution in [1.82, 2.24) is 0 Å². The van der Waals surface area contributed by atoms with Crippen LogP contribution in [0.5, 0.6) is 0 Å². The number of aryl methyl sites for hydroxylation is 2. The minimum atomic E-state index is 0.776. The molecule has 0 aromatic heterocycles. The Hall–Kier alpha value is -1.63. The first-order chi connectivity index (χ1) is 7.80. The van der Waals surface area contributed by atoms with Crippen molar-refractivity contribution in [1.29, 1.82) is 0 Å². The smallest absolute Gasteiger partial charge is 0.150 e. The zero-order chi connectivity index (χ0) is 11.5. The lowest BCUT2D eigenvalue weighted by molar-refractivity contribution is 0.112. The molecule has 16 heavy (non-hydrogen) atoms. The molecule has 0 atom stereocenters. The molecule has 0 unspecified atom stereocenters. The Morgan fingerprint density at radius 1 is 1.06 bits per heavy atom. The number of aldehydes is 1. The standard InChI is InChI=1S/C15H16O/c1-3-12-6-5-7-14-9-11(10-16)8-13(4-2)15(12)14/h5-10H,3-4H2,1-2H3. The van der Waals surface area contributed by atoms with Gasteiger partial charge in [-0.2, -0.15) is 0 Å². The van der Waals surface area contributed by atoms with E-state index in [2.05, 4.69) is 32.0 Å². The van der Waals surface area contributed by atoms with Gasteiger partial charge in [-0.3, -0.25) is 4.79 Å². The van der Waals surface area contributed by atoms with Gasteiger partial charge >= 0.3 is 0 Å². The molecule has 0 saturated carbocycles. The van der Waals surface area contributed by atoms with Crippen molar-refractivity contribution in [2.45, 2.75) is 26.7 Å². The fraction of sp³-hybridized carbons (Fsp3) is 0.267. The Balaban J connectivity index is 2.83. The van der Waals surface area contributed by atoms with Crippen molar-refractivity contribution in [2.75, 3.05) is 0 Å². The molecule has 2 aromatic carbocycles. The average molecular weight is 212 g/mol. The first-order valence-electron chi connectivity index (χ1n) is 5.79. The van der Waals surface area contributed by atoms with E-state index >= 15 is 0 Å². The lowest BCUT2D eigenvalue weighted by atomic mass is 9.94. The van der Waals surface area contributed by atoms with E-state index < -0.39 is 0 Å². The fourth-order valence-corrected chi connectivity index (χ4v) is 2.27. The Kier molecular flexibility index (Phi) is 3.04. The number of hydrogen-bond acceptors (Lipinski definition) is 1. The Morgan fingerprint density at radius 3 is 2.44 bits per heavy atom. The number of rotatable bonds is 3. The SMILES string of the molecule is CCc1cccc2cc(C=O)cc(CC)c12. The van der Waals surface area contributed by atoms with Crippen molar-refractivity contribution in [3.05, 3.63) is 47.0 Å². The largest absolute Gasteiger partial charge is 0.298 e. The molecule has 0 bridgehead atoms. The van der Waals surface area contributed by atoms with Gasteiger partial charge in [-0.1, -0.05) is 32.0 Å². The van der Waals surface area contributed by atoms with E-state index in [-0.39, 0.29) is 0 Å². The average Bonchev–Trinajstić information content (AvgIpc) is 2.36. The van der Waals surface area contributed by atoms with Crippen LogP contribution < -0.4 is 0 Å². The Labute approximate surface area is 96.1 Å². The van der Waals surface area contributed by atoms with Gasteiger partial charge in [0.15, 0.2) is 0 Å². The van der Waals surface area contributed by atoms with Gasteiger partial charge in [-0.15, -0.1) is 0 Å². The molecular formula is C15H16O. The highest BCUT2D eigenvalue weighted by Crippen LogP contribution is 2.25. The van der Waals surface area contributed by atoms with Crippen LogP contribution in [0.3, 0.4) is 0 Å². The van der Waals surface area contributed by atoms with Crippen LogP contribution in [-0.2, 0) is 12.8 Å². The summed E-state index contributed by atoms with van der Waals surface area (Å²) in [5, 5.41) is 2.51. The number of carbonyl (C=O) groups is 1. The molecule has 0 spiro atoms. The summed E-state index contributed by atoms with van der Waals surface area (Å²) in [6.07, 6.45) is 2.93. The Morgan fingerprint density at radius 2 is 1.81 bits per heavy atom. The maximum Gasteiger partial charge on any atom is 0.150 e. The van der Waals surface area contributed by atoms with Crippen LogP contribution in [0.4, 0.5) is 0 Å². The molecule has 82 valence electrons. The van der Waals surface area contributed by atoms with E-state index in [0.29, 0.717) is 0 Å². The van der Waals surface area contributed by atoms with Crippen LogP contribution in [0.25, 0.3) is 10.8 Å². The number of fused-ring (bicyclic) bond motifs is 1. The predicted molar refractivity (Wildman–Crippen MR) is 68.1 cm³/mol. The molecule has 0 saturated heterocycles. The third-order valence-corrected chi connectivity index (χ3v) is 3.07. The first kappa shape index (κ1) is 10.9. The van der Waals surface area contributed by atoms with Crippen molar-refractivity contribution < 1.29 is 4.79 Å². The van der Waals surface area contributed by atoms with E-state index in [0.717, 1.165) is 24.7 Å². The van der Waals surface area contributed by atoms with Gasteiger partial charge < -0.3 is 0 Å². The van der Waals surface area contributed by atoms with Gasteiger partial charge in [-0.25, -0.2) is 0 Å². The normalized spacial score (nSPS) is 10.6. The second-order valence-electron chi connectivity index (χ2n) is 4.02. The van der Waals surface area contributed by atoms with Crippen LogP contribution in [0.2, 0.25) is 0 Å². The lowest BCUT2D eigenvalue weighted by Crippen LogP contribution is -1.92. The second-order valence-corrected chi connectivity index (χ2v) is 4.02. The molecule has 0 aliphatic carbocycles. The van der Waals surface area contributed by atoms with Gasteiger partial charge in [0.25, 0.3) is 0 Å². The monoisotopic (exact) mass is 212 g/mol. The second kappa shape index (κ2) is 4.48. The van der Waals surface area contributed by atoms with E-state index in [1.807, 2.05) is 12.1 Å². The topological polar surface area (TPSA) is 17.1 Å². The number of hydrogen-bond donors (Lipinski definition) is 0. The van der Waals surface area contributed by atoms with Crippen molar-refractivity contribution in [2.24, 2.45) is 0 Å². The van der Waals surface area contributed by atoms with Gasteiger partial charge in [0.1, 0.15) is 6.29 Å². The number of benzene rings is 2. The molecule has 0 aliphatic heterocycles. The zero-order valence-electron chi connectivity index (χ0n) is 9.79. The summed E-state index contributed by atoms with van der Waals surface area (Å²) in [7, 11) is 0. The van der Waals surface area contributed by atoms with Crippen molar-refractivity contribution in [3.8, 4) is 0 Å². The van der Waals surface area contributed by atoms with Crippen LogP contribution >= 0.6 is 0 Å². The molecule has 0 aliphatic rings. The number of carbonyl (C=O) groups excluding carboxylic acids is 1. The van der Waals surface area contributed by atoms with Gasteiger partial charge in [-0.05, 0) is 46.9 Å². The van der Waals surface area contributed by atoms with Crippen molar-refractivity contribution in [3.63, 3.8) is 0 Å². The van der Waals surface area contributed by atoms with Gasteiger partial charge in [0.05, 0.1) is 0 Å². The summed E-state index contributed by atoms with van der Waals surface area (Å²) in [6.45, 7) is 4.30. The summed E-state index contributed by atoms with van der Waals surface area (Å²) in [5.41, 5.74) is 3.42. The molecule has 1 nitrogen and oxygen atoms in total. The highest BCUT2D eigenvalue weighted by molar-refractivity contribution is 5.93. The van der Waals surface area contributed by atoms with E-state index in [9.17, 15) is 4.79 Å². The van der Waals surface area contributed by atoms with Crippen LogP contribution in [0.1, 0.15) is 35.3 Å². The maximum absolute atomic E-state index is 10.9. The zero-order valence-corrected chi connectivity index (χ0v) is 9.79. The van der Waals surface area contributed by atoms with Crippen molar-refractivity contribution >= 4 is 17.1 Å². The lowest BCUT2D eigenvalue weighted by Gasteiger charge is -2.10. The minimum absolute atomic E-state index is 0.776. The predicted octanol–water partition coefficient (Wildman–Crippen LogP) is 3.78. The highest BCUT2D eigenvalue weighted by atomic mass is 16.1. The molecular weight excluding hydrogens is 196 g/mol. The third-order valence-electron chi connectivity index (χ3n) is 3.07. The van der Waals surface area contributed by atoms with Crippen LogP contribution in [0.15, 0.2) is 30.3 Å². The molecule has 0 heterocycles. The summed E-state index contributed by atoms with van der Waals surface area (Å²) < 4.78 is 0. The minimum Gasteiger partial charge on any atom is -0.298 e.